The Morgan fingerprint density at radius 2 is 1.88 bits per heavy atom. The summed E-state index contributed by atoms with van der Waals surface area (Å²) in [5.41, 5.74) is 0.663. The van der Waals surface area contributed by atoms with Crippen molar-refractivity contribution in [1.29, 1.82) is 0 Å². The fraction of sp³-hybridized carbons (Fsp3) is 0.423. The van der Waals surface area contributed by atoms with Crippen LogP contribution in [0, 0.1) is 11.7 Å². The van der Waals surface area contributed by atoms with Crippen molar-refractivity contribution in [2.24, 2.45) is 5.92 Å². The van der Waals surface area contributed by atoms with E-state index in [2.05, 4.69) is 29.1 Å². The predicted octanol–water partition coefficient (Wildman–Crippen LogP) is 6.80. The summed E-state index contributed by atoms with van der Waals surface area (Å²) >= 11 is 6.46. The summed E-state index contributed by atoms with van der Waals surface area (Å²) in [4.78, 5) is 21.1. The molecule has 182 valence electrons. The molecule has 1 amide bonds. The summed E-state index contributed by atoms with van der Waals surface area (Å²) in [5.74, 6) is 0.358. The minimum atomic E-state index is -0.677. The number of rotatable bonds is 7. The SMILES string of the molecule is CC(C)C[C@@](C)(COc1ccc(-c2ccnc3cc(F)ccc23)nc1Cl)NC(=O)OC(C)(C)C. The molecule has 0 radical (unpaired) electrons. The van der Waals surface area contributed by atoms with Crippen LogP contribution in [0.3, 0.4) is 0 Å². The molecule has 0 aliphatic rings. The van der Waals surface area contributed by atoms with Gasteiger partial charge in [0.15, 0.2) is 10.9 Å². The maximum absolute atomic E-state index is 13.6. The lowest BCUT2D eigenvalue weighted by Crippen LogP contribution is -2.52. The van der Waals surface area contributed by atoms with Gasteiger partial charge in [-0.15, -0.1) is 0 Å². The number of ether oxygens (including phenoxy) is 2. The van der Waals surface area contributed by atoms with Crippen LogP contribution in [-0.2, 0) is 4.74 Å². The van der Waals surface area contributed by atoms with Crippen LogP contribution in [0.4, 0.5) is 9.18 Å². The number of nitrogens with zero attached hydrogens (tertiary/aromatic N) is 2. The van der Waals surface area contributed by atoms with Crippen LogP contribution in [-0.4, -0.2) is 33.8 Å². The average Bonchev–Trinajstić information content (AvgIpc) is 2.70. The average molecular weight is 488 g/mol. The first kappa shape index (κ1) is 25.7. The number of pyridine rings is 2. The number of carbonyl (C=O) groups excluding carboxylic acids is 1. The zero-order chi connectivity index (χ0) is 25.1. The predicted molar refractivity (Wildman–Crippen MR) is 133 cm³/mol. The van der Waals surface area contributed by atoms with Crippen molar-refractivity contribution in [2.75, 3.05) is 6.61 Å². The molecular formula is C26H31ClFN3O3. The van der Waals surface area contributed by atoms with Crippen LogP contribution in [0.2, 0.25) is 5.15 Å². The topological polar surface area (TPSA) is 73.3 Å². The summed E-state index contributed by atoms with van der Waals surface area (Å²) in [7, 11) is 0. The molecule has 2 aromatic heterocycles. The number of aromatic nitrogens is 2. The quantitative estimate of drug-likeness (QED) is 0.371. The van der Waals surface area contributed by atoms with Crippen LogP contribution in [0.15, 0.2) is 42.6 Å². The zero-order valence-corrected chi connectivity index (χ0v) is 21.2. The lowest BCUT2D eigenvalue weighted by atomic mass is 9.91. The van der Waals surface area contributed by atoms with E-state index in [0.29, 0.717) is 29.3 Å². The summed E-state index contributed by atoms with van der Waals surface area (Å²) in [5, 5.41) is 3.90. The van der Waals surface area contributed by atoms with E-state index < -0.39 is 17.2 Å². The van der Waals surface area contributed by atoms with Gasteiger partial charge in [-0.25, -0.2) is 14.2 Å². The minimum absolute atomic E-state index is 0.183. The standard InChI is InChI=1S/C26H31ClFN3O3/c1-16(2)14-26(6,31-24(32)34-25(3,4)5)15-33-22-10-9-20(30-23(22)27)19-11-12-29-21-13-17(28)7-8-18(19)21/h7-13,16H,14-15H2,1-6H3,(H,31,32)/t26-/m0/s1. The third-order valence-corrected chi connectivity index (χ3v) is 5.27. The van der Waals surface area contributed by atoms with Crippen LogP contribution in [0.25, 0.3) is 22.2 Å². The van der Waals surface area contributed by atoms with E-state index in [1.165, 1.54) is 12.1 Å². The van der Waals surface area contributed by atoms with Gasteiger partial charge in [0.1, 0.15) is 18.0 Å². The second-order valence-electron chi connectivity index (χ2n) is 10.1. The maximum atomic E-state index is 13.6. The third-order valence-electron chi connectivity index (χ3n) is 5.00. The molecule has 0 saturated carbocycles. The van der Waals surface area contributed by atoms with Gasteiger partial charge < -0.3 is 14.8 Å². The molecule has 6 nitrogen and oxygen atoms in total. The van der Waals surface area contributed by atoms with Crippen molar-refractivity contribution in [1.82, 2.24) is 15.3 Å². The number of hydrogen-bond acceptors (Lipinski definition) is 5. The number of hydrogen-bond donors (Lipinski definition) is 1. The molecule has 0 aliphatic heterocycles. The lowest BCUT2D eigenvalue weighted by Gasteiger charge is -2.33. The highest BCUT2D eigenvalue weighted by molar-refractivity contribution is 6.31. The number of carbonyl (C=O) groups is 1. The minimum Gasteiger partial charge on any atom is -0.488 e. The molecule has 0 aliphatic carbocycles. The van der Waals surface area contributed by atoms with Gasteiger partial charge in [-0.2, -0.15) is 0 Å². The Morgan fingerprint density at radius 3 is 2.53 bits per heavy atom. The normalized spacial score (nSPS) is 13.6. The Balaban J connectivity index is 1.80. The van der Waals surface area contributed by atoms with Crippen molar-refractivity contribution in [3.05, 3.63) is 53.6 Å². The molecule has 1 aromatic carbocycles. The largest absolute Gasteiger partial charge is 0.488 e. The van der Waals surface area contributed by atoms with E-state index in [1.54, 1.807) is 24.4 Å². The Kier molecular flexibility index (Phi) is 7.66. The number of fused-ring (bicyclic) bond motifs is 1. The van der Waals surface area contributed by atoms with E-state index in [-0.39, 0.29) is 17.6 Å². The Hall–Kier alpha value is -2.93. The molecule has 1 N–H and O–H groups in total. The molecule has 0 unspecified atom stereocenters. The van der Waals surface area contributed by atoms with Gasteiger partial charge in [0.25, 0.3) is 0 Å². The van der Waals surface area contributed by atoms with Crippen LogP contribution < -0.4 is 10.1 Å². The number of alkyl carbamates (subject to hydrolysis) is 1. The fourth-order valence-electron chi connectivity index (χ4n) is 3.86. The van der Waals surface area contributed by atoms with Crippen LogP contribution >= 0.6 is 11.6 Å². The van der Waals surface area contributed by atoms with Crippen molar-refractivity contribution in [3.8, 4) is 17.0 Å². The second kappa shape index (κ2) is 10.1. The highest BCUT2D eigenvalue weighted by Crippen LogP contribution is 2.31. The van der Waals surface area contributed by atoms with Gasteiger partial charge in [-0.1, -0.05) is 25.4 Å². The fourth-order valence-corrected chi connectivity index (χ4v) is 4.07. The monoisotopic (exact) mass is 487 g/mol. The molecule has 8 heteroatoms. The summed E-state index contributed by atoms with van der Waals surface area (Å²) in [6, 6.07) is 9.78. The van der Waals surface area contributed by atoms with Crippen LogP contribution in [0.5, 0.6) is 5.75 Å². The number of benzene rings is 1. The molecule has 1 atom stereocenters. The zero-order valence-electron chi connectivity index (χ0n) is 20.4. The van der Waals surface area contributed by atoms with E-state index >= 15 is 0 Å². The Bertz CT molecular complexity index is 1180. The Morgan fingerprint density at radius 1 is 1.15 bits per heavy atom. The molecule has 0 saturated heterocycles. The Labute approximate surface area is 204 Å². The molecule has 3 aromatic rings. The van der Waals surface area contributed by atoms with Crippen molar-refractivity contribution in [3.63, 3.8) is 0 Å². The molecule has 0 fully saturated rings. The summed E-state index contributed by atoms with van der Waals surface area (Å²) in [6.45, 7) is 11.7. The van der Waals surface area contributed by atoms with Gasteiger partial charge in [0, 0.05) is 23.2 Å². The molecule has 0 spiro atoms. The van der Waals surface area contributed by atoms with Crippen molar-refractivity contribution < 1.29 is 18.7 Å². The molecule has 3 rings (SSSR count). The first-order chi connectivity index (χ1) is 15.8. The maximum Gasteiger partial charge on any atom is 0.408 e. The lowest BCUT2D eigenvalue weighted by molar-refractivity contribution is 0.0408. The van der Waals surface area contributed by atoms with Crippen LogP contribution in [0.1, 0.15) is 48.0 Å². The first-order valence-corrected chi connectivity index (χ1v) is 11.6. The first-order valence-electron chi connectivity index (χ1n) is 11.2. The molecule has 34 heavy (non-hydrogen) atoms. The van der Waals surface area contributed by atoms with E-state index in [4.69, 9.17) is 21.1 Å². The molecule has 0 bridgehead atoms. The highest BCUT2D eigenvalue weighted by atomic mass is 35.5. The smallest absolute Gasteiger partial charge is 0.408 e. The summed E-state index contributed by atoms with van der Waals surface area (Å²) in [6.07, 6.45) is 1.78. The third kappa shape index (κ3) is 6.79. The molecule has 2 heterocycles. The van der Waals surface area contributed by atoms with Gasteiger partial charge in [0.2, 0.25) is 0 Å². The van der Waals surface area contributed by atoms with Gasteiger partial charge >= 0.3 is 6.09 Å². The number of amides is 1. The number of nitrogens with one attached hydrogen (secondary N) is 1. The second-order valence-corrected chi connectivity index (χ2v) is 10.4. The summed E-state index contributed by atoms with van der Waals surface area (Å²) < 4.78 is 25.0. The highest BCUT2D eigenvalue weighted by Gasteiger charge is 2.31. The van der Waals surface area contributed by atoms with E-state index in [0.717, 1.165) is 10.9 Å². The van der Waals surface area contributed by atoms with E-state index in [9.17, 15) is 9.18 Å². The van der Waals surface area contributed by atoms with Gasteiger partial charge in [-0.3, -0.25) is 4.98 Å². The molecular weight excluding hydrogens is 457 g/mol. The van der Waals surface area contributed by atoms with Gasteiger partial charge in [-0.05, 0) is 70.4 Å². The number of halogens is 2. The van der Waals surface area contributed by atoms with Crippen molar-refractivity contribution >= 4 is 28.6 Å². The van der Waals surface area contributed by atoms with E-state index in [1.807, 2.05) is 33.8 Å². The van der Waals surface area contributed by atoms with Crippen molar-refractivity contribution in [2.45, 2.75) is 59.1 Å². The van der Waals surface area contributed by atoms with Gasteiger partial charge in [0.05, 0.1) is 16.7 Å².